The van der Waals surface area contributed by atoms with Crippen LogP contribution in [-0.4, -0.2) is 31.3 Å². The average molecular weight is 217 g/mol. The van der Waals surface area contributed by atoms with Gasteiger partial charge in [-0.1, -0.05) is 0 Å². The number of ether oxygens (including phenoxy) is 2. The Bertz CT molecular complexity index is 181. The first kappa shape index (κ1) is 14.4. The molecule has 0 aliphatic heterocycles. The zero-order valence-electron chi connectivity index (χ0n) is 10.0. The van der Waals surface area contributed by atoms with Crippen molar-refractivity contribution < 1.29 is 14.3 Å². The molecule has 0 aliphatic carbocycles. The fourth-order valence-corrected chi connectivity index (χ4v) is 1.24. The summed E-state index contributed by atoms with van der Waals surface area (Å²) in [5.41, 5.74) is 4.99. The minimum Gasteiger partial charge on any atom is -0.465 e. The smallest absolute Gasteiger partial charge is 0.325 e. The van der Waals surface area contributed by atoms with Crippen molar-refractivity contribution in [1.82, 2.24) is 0 Å². The van der Waals surface area contributed by atoms with Gasteiger partial charge in [-0.3, -0.25) is 4.79 Å². The van der Waals surface area contributed by atoms with Gasteiger partial charge in [0.05, 0.1) is 6.61 Å². The van der Waals surface area contributed by atoms with E-state index in [9.17, 15) is 4.79 Å². The number of carbonyl (C=O) groups is 1. The second-order valence-electron chi connectivity index (χ2n) is 3.79. The SMILES string of the molecule is CCOCCCCC(C)(N)C(=O)OCC. The van der Waals surface area contributed by atoms with Crippen LogP contribution >= 0.6 is 0 Å². The van der Waals surface area contributed by atoms with Crippen LogP contribution < -0.4 is 5.73 Å². The third kappa shape index (κ3) is 6.47. The standard InChI is InChI=1S/C11H23NO3/c1-4-14-9-7-6-8-11(3,12)10(13)15-5-2/h4-9,12H2,1-3H3. The van der Waals surface area contributed by atoms with Gasteiger partial charge in [0.1, 0.15) is 5.54 Å². The molecular formula is C11H23NO3. The summed E-state index contributed by atoms with van der Waals surface area (Å²) < 4.78 is 10.1. The Morgan fingerprint density at radius 2 is 1.93 bits per heavy atom. The fourth-order valence-electron chi connectivity index (χ4n) is 1.24. The highest BCUT2D eigenvalue weighted by atomic mass is 16.5. The summed E-state index contributed by atoms with van der Waals surface area (Å²) in [6.45, 7) is 7.30. The monoisotopic (exact) mass is 217 g/mol. The van der Waals surface area contributed by atoms with Gasteiger partial charge in [0.2, 0.25) is 0 Å². The molecule has 0 heterocycles. The molecule has 0 aromatic rings. The van der Waals surface area contributed by atoms with Crippen molar-refractivity contribution in [2.45, 2.75) is 45.6 Å². The third-order valence-corrected chi connectivity index (χ3v) is 2.18. The lowest BCUT2D eigenvalue weighted by Gasteiger charge is -2.21. The summed E-state index contributed by atoms with van der Waals surface area (Å²) in [6, 6.07) is 0. The van der Waals surface area contributed by atoms with Crippen LogP contribution in [0.25, 0.3) is 0 Å². The lowest BCUT2D eigenvalue weighted by Crippen LogP contribution is -2.46. The lowest BCUT2D eigenvalue weighted by molar-refractivity contribution is -0.149. The Morgan fingerprint density at radius 1 is 1.27 bits per heavy atom. The van der Waals surface area contributed by atoms with Crippen molar-refractivity contribution in [3.63, 3.8) is 0 Å². The maximum Gasteiger partial charge on any atom is 0.325 e. The topological polar surface area (TPSA) is 61.5 Å². The Hall–Kier alpha value is -0.610. The van der Waals surface area contributed by atoms with E-state index >= 15 is 0 Å². The van der Waals surface area contributed by atoms with Gasteiger partial charge >= 0.3 is 5.97 Å². The molecule has 0 spiro atoms. The Balaban J connectivity index is 3.68. The van der Waals surface area contributed by atoms with Gasteiger partial charge < -0.3 is 15.2 Å². The van der Waals surface area contributed by atoms with E-state index in [-0.39, 0.29) is 5.97 Å². The van der Waals surface area contributed by atoms with Crippen molar-refractivity contribution in [3.8, 4) is 0 Å². The zero-order valence-corrected chi connectivity index (χ0v) is 10.0. The van der Waals surface area contributed by atoms with Crippen molar-refractivity contribution in [1.29, 1.82) is 0 Å². The summed E-state index contributed by atoms with van der Waals surface area (Å²) in [6.07, 6.45) is 2.45. The summed E-state index contributed by atoms with van der Waals surface area (Å²) >= 11 is 0. The van der Waals surface area contributed by atoms with E-state index in [1.807, 2.05) is 6.92 Å². The van der Waals surface area contributed by atoms with Crippen LogP contribution in [0.15, 0.2) is 0 Å². The van der Waals surface area contributed by atoms with Gasteiger partial charge in [-0.25, -0.2) is 0 Å². The van der Waals surface area contributed by atoms with Crippen molar-refractivity contribution >= 4 is 5.97 Å². The van der Waals surface area contributed by atoms with Crippen LogP contribution in [0.4, 0.5) is 0 Å². The molecule has 0 saturated heterocycles. The minimum absolute atomic E-state index is 0.318. The largest absolute Gasteiger partial charge is 0.465 e. The van der Waals surface area contributed by atoms with Crippen molar-refractivity contribution in [3.05, 3.63) is 0 Å². The quantitative estimate of drug-likeness (QED) is 0.494. The van der Waals surface area contributed by atoms with E-state index in [0.29, 0.717) is 13.0 Å². The molecule has 0 bridgehead atoms. The molecular weight excluding hydrogens is 194 g/mol. The van der Waals surface area contributed by atoms with Gasteiger partial charge in [-0.2, -0.15) is 0 Å². The highest BCUT2D eigenvalue weighted by Gasteiger charge is 2.28. The molecule has 0 aromatic heterocycles. The van der Waals surface area contributed by atoms with Gasteiger partial charge in [-0.05, 0) is 40.0 Å². The third-order valence-electron chi connectivity index (χ3n) is 2.18. The van der Waals surface area contributed by atoms with Crippen LogP contribution in [0.1, 0.15) is 40.0 Å². The number of rotatable bonds is 8. The number of hydrogen-bond donors (Lipinski definition) is 1. The number of carbonyl (C=O) groups excluding carboxylic acids is 1. The molecule has 0 saturated carbocycles. The summed E-state index contributed by atoms with van der Waals surface area (Å²) in [7, 11) is 0. The molecule has 4 heteroatoms. The highest BCUT2D eigenvalue weighted by Crippen LogP contribution is 2.12. The molecule has 0 fully saturated rings. The fraction of sp³-hybridized carbons (Fsp3) is 0.909. The molecule has 0 amide bonds. The van der Waals surface area contributed by atoms with Crippen LogP contribution in [0.5, 0.6) is 0 Å². The Labute approximate surface area is 92.1 Å². The second-order valence-corrected chi connectivity index (χ2v) is 3.79. The first-order valence-corrected chi connectivity index (χ1v) is 5.58. The molecule has 0 aliphatic rings. The zero-order chi connectivity index (χ0) is 11.7. The Kier molecular flexibility index (Phi) is 7.34. The van der Waals surface area contributed by atoms with E-state index in [1.165, 1.54) is 0 Å². The highest BCUT2D eigenvalue weighted by molar-refractivity contribution is 5.79. The number of esters is 1. The second kappa shape index (κ2) is 7.65. The van der Waals surface area contributed by atoms with Crippen LogP contribution in [0, 0.1) is 0 Å². The molecule has 2 N–H and O–H groups in total. The minimum atomic E-state index is -0.859. The molecule has 90 valence electrons. The van der Waals surface area contributed by atoms with Gasteiger partial charge in [0, 0.05) is 13.2 Å². The molecule has 0 rings (SSSR count). The predicted molar refractivity (Wildman–Crippen MR) is 59.6 cm³/mol. The number of hydrogen-bond acceptors (Lipinski definition) is 4. The maximum atomic E-state index is 11.4. The summed E-state index contributed by atoms with van der Waals surface area (Å²) in [5, 5.41) is 0. The van der Waals surface area contributed by atoms with Crippen LogP contribution in [-0.2, 0) is 14.3 Å². The Morgan fingerprint density at radius 3 is 2.47 bits per heavy atom. The average Bonchev–Trinajstić information content (AvgIpc) is 2.18. The van der Waals surface area contributed by atoms with Crippen LogP contribution in [0.2, 0.25) is 0 Å². The summed E-state index contributed by atoms with van der Waals surface area (Å²) in [4.78, 5) is 11.4. The predicted octanol–water partition coefficient (Wildman–Crippen LogP) is 1.47. The van der Waals surface area contributed by atoms with E-state index in [4.69, 9.17) is 15.2 Å². The first-order valence-electron chi connectivity index (χ1n) is 5.58. The molecule has 1 atom stereocenters. The van der Waals surface area contributed by atoms with E-state index in [0.717, 1.165) is 26.1 Å². The molecule has 0 aromatic carbocycles. The normalized spacial score (nSPS) is 14.7. The molecule has 15 heavy (non-hydrogen) atoms. The van der Waals surface area contributed by atoms with Crippen molar-refractivity contribution in [2.75, 3.05) is 19.8 Å². The molecule has 0 radical (unpaired) electrons. The first-order chi connectivity index (χ1) is 7.04. The molecule has 4 nitrogen and oxygen atoms in total. The van der Waals surface area contributed by atoms with Gasteiger partial charge in [-0.15, -0.1) is 0 Å². The van der Waals surface area contributed by atoms with E-state index in [1.54, 1.807) is 13.8 Å². The van der Waals surface area contributed by atoms with Gasteiger partial charge in [0.15, 0.2) is 0 Å². The molecule has 1 unspecified atom stereocenters. The number of unbranched alkanes of at least 4 members (excludes halogenated alkanes) is 1. The van der Waals surface area contributed by atoms with Crippen LogP contribution in [0.3, 0.4) is 0 Å². The number of nitrogens with two attached hydrogens (primary N) is 1. The van der Waals surface area contributed by atoms with Crippen molar-refractivity contribution in [2.24, 2.45) is 5.73 Å². The van der Waals surface area contributed by atoms with E-state index in [2.05, 4.69) is 0 Å². The summed E-state index contributed by atoms with van der Waals surface area (Å²) in [5.74, 6) is -0.318. The van der Waals surface area contributed by atoms with Gasteiger partial charge in [0.25, 0.3) is 0 Å². The van der Waals surface area contributed by atoms with E-state index < -0.39 is 5.54 Å². The lowest BCUT2D eigenvalue weighted by atomic mass is 9.96. The maximum absolute atomic E-state index is 11.4.